The maximum Gasteiger partial charge on any atom is 0.478 e. The van der Waals surface area contributed by atoms with Crippen molar-refractivity contribution in [2.75, 3.05) is 13.2 Å². The van der Waals surface area contributed by atoms with Crippen LogP contribution in [0.2, 0.25) is 0 Å². The molecular weight excluding hydrogens is 116 g/mol. The molecular formula is C2H8O4Si. The van der Waals surface area contributed by atoms with Crippen LogP contribution in [-0.4, -0.2) is 37.4 Å². The molecule has 0 rings (SSSR count). The van der Waals surface area contributed by atoms with E-state index in [0.717, 1.165) is 0 Å². The predicted molar refractivity (Wildman–Crippen MR) is 24.6 cm³/mol. The van der Waals surface area contributed by atoms with Gasteiger partial charge in [0.2, 0.25) is 0 Å². The number of rotatable bonds is 3. The third-order valence-corrected chi connectivity index (χ3v) is 0.892. The highest BCUT2D eigenvalue weighted by Gasteiger charge is 1.98. The topological polar surface area (TPSA) is 69.9 Å². The molecule has 0 aliphatic rings. The predicted octanol–water partition coefficient (Wildman–Crippen LogP) is -2.30. The lowest BCUT2D eigenvalue weighted by atomic mass is 10.8. The molecule has 7 heavy (non-hydrogen) atoms. The van der Waals surface area contributed by atoms with Crippen LogP contribution in [0, 0.1) is 0 Å². The molecule has 0 unspecified atom stereocenters. The zero-order valence-corrected chi connectivity index (χ0v) is 4.90. The van der Waals surface area contributed by atoms with Crippen LogP contribution in [0.15, 0.2) is 0 Å². The highest BCUT2D eigenvalue weighted by Crippen LogP contribution is 1.70. The van der Waals surface area contributed by atoms with Crippen LogP contribution in [0.3, 0.4) is 0 Å². The third kappa shape index (κ3) is 6.06. The van der Waals surface area contributed by atoms with Crippen molar-refractivity contribution in [3.63, 3.8) is 0 Å². The van der Waals surface area contributed by atoms with Gasteiger partial charge in [0.1, 0.15) is 0 Å². The number of aliphatic hydroxyl groups excluding tert-OH is 1. The Morgan fingerprint density at radius 1 is 1.43 bits per heavy atom. The van der Waals surface area contributed by atoms with Gasteiger partial charge in [-0.3, -0.25) is 0 Å². The first-order valence-electron chi connectivity index (χ1n) is 1.86. The van der Waals surface area contributed by atoms with E-state index < -0.39 is 9.53 Å². The monoisotopic (exact) mass is 124 g/mol. The summed E-state index contributed by atoms with van der Waals surface area (Å²) in [6, 6.07) is 0. The lowest BCUT2D eigenvalue weighted by molar-refractivity contribution is 0.141. The Bertz CT molecular complexity index is 38.7. The first kappa shape index (κ1) is 7.06. The minimum Gasteiger partial charge on any atom is -0.394 e. The molecule has 4 nitrogen and oxygen atoms in total. The van der Waals surface area contributed by atoms with Gasteiger partial charge < -0.3 is 19.1 Å². The van der Waals surface area contributed by atoms with Crippen LogP contribution in [0.25, 0.3) is 0 Å². The molecule has 0 aromatic rings. The van der Waals surface area contributed by atoms with Crippen LogP contribution in [-0.2, 0) is 4.43 Å². The van der Waals surface area contributed by atoms with Gasteiger partial charge in [0.25, 0.3) is 0 Å². The fourth-order valence-electron chi connectivity index (χ4n) is 0.158. The van der Waals surface area contributed by atoms with Crippen molar-refractivity contribution in [3.05, 3.63) is 0 Å². The van der Waals surface area contributed by atoms with Gasteiger partial charge in [-0.05, 0) is 0 Å². The van der Waals surface area contributed by atoms with Gasteiger partial charge in [-0.15, -0.1) is 0 Å². The van der Waals surface area contributed by atoms with E-state index in [2.05, 4.69) is 4.43 Å². The Kier molecular flexibility index (Phi) is 4.26. The van der Waals surface area contributed by atoms with Gasteiger partial charge in [0.15, 0.2) is 0 Å². The van der Waals surface area contributed by atoms with Crippen molar-refractivity contribution in [2.24, 2.45) is 0 Å². The largest absolute Gasteiger partial charge is 0.478 e. The van der Waals surface area contributed by atoms with Crippen LogP contribution < -0.4 is 0 Å². The van der Waals surface area contributed by atoms with Gasteiger partial charge in [-0.2, -0.15) is 0 Å². The SMILES string of the molecule is OCCO[SiH](O)O. The summed E-state index contributed by atoms with van der Waals surface area (Å²) in [5.74, 6) is 0. The fraction of sp³-hybridized carbons (Fsp3) is 1.00. The molecule has 0 fully saturated rings. The smallest absolute Gasteiger partial charge is 0.394 e. The summed E-state index contributed by atoms with van der Waals surface area (Å²) in [7, 11) is -2.85. The second-order valence-electron chi connectivity index (χ2n) is 0.921. The van der Waals surface area contributed by atoms with E-state index in [-0.39, 0.29) is 13.2 Å². The van der Waals surface area contributed by atoms with Crippen molar-refractivity contribution in [3.8, 4) is 0 Å². The summed E-state index contributed by atoms with van der Waals surface area (Å²) >= 11 is 0. The molecule has 0 saturated carbocycles. The molecule has 0 radical (unpaired) electrons. The highest BCUT2D eigenvalue weighted by molar-refractivity contribution is 6.32. The van der Waals surface area contributed by atoms with E-state index in [9.17, 15) is 0 Å². The summed E-state index contributed by atoms with van der Waals surface area (Å²) in [6.45, 7) is -0.144. The Labute approximate surface area is 42.9 Å². The maximum absolute atomic E-state index is 8.04. The van der Waals surface area contributed by atoms with Crippen LogP contribution in [0.5, 0.6) is 0 Å². The van der Waals surface area contributed by atoms with Gasteiger partial charge in [0, 0.05) is 0 Å². The van der Waals surface area contributed by atoms with Crippen molar-refractivity contribution in [2.45, 2.75) is 0 Å². The van der Waals surface area contributed by atoms with E-state index in [1.807, 2.05) is 0 Å². The molecule has 0 bridgehead atoms. The second kappa shape index (κ2) is 4.22. The van der Waals surface area contributed by atoms with E-state index in [1.165, 1.54) is 0 Å². The summed E-state index contributed by atoms with van der Waals surface area (Å²) in [6.07, 6.45) is 0. The van der Waals surface area contributed by atoms with Gasteiger partial charge in [-0.1, -0.05) is 0 Å². The molecule has 0 amide bonds. The van der Waals surface area contributed by atoms with Crippen LogP contribution >= 0.6 is 0 Å². The molecule has 0 spiro atoms. The zero-order chi connectivity index (χ0) is 5.70. The summed E-state index contributed by atoms with van der Waals surface area (Å²) in [4.78, 5) is 16.1. The minimum atomic E-state index is -2.85. The Balaban J connectivity index is 2.68. The number of aliphatic hydroxyl groups is 1. The minimum absolute atomic E-state index is 0.0177. The number of hydrogen-bond donors (Lipinski definition) is 3. The summed E-state index contributed by atoms with van der Waals surface area (Å²) < 4.78 is 4.19. The van der Waals surface area contributed by atoms with Crippen molar-refractivity contribution in [1.82, 2.24) is 0 Å². The second-order valence-corrected chi connectivity index (χ2v) is 1.91. The van der Waals surface area contributed by atoms with Crippen molar-refractivity contribution in [1.29, 1.82) is 0 Å². The van der Waals surface area contributed by atoms with E-state index in [4.69, 9.17) is 14.7 Å². The van der Waals surface area contributed by atoms with Gasteiger partial charge >= 0.3 is 9.53 Å². The van der Waals surface area contributed by atoms with E-state index in [1.54, 1.807) is 0 Å². The molecule has 3 N–H and O–H groups in total. The molecule has 0 heterocycles. The van der Waals surface area contributed by atoms with Crippen LogP contribution in [0.1, 0.15) is 0 Å². The molecule has 0 aromatic heterocycles. The Morgan fingerprint density at radius 2 is 2.00 bits per heavy atom. The molecule has 0 aliphatic heterocycles. The highest BCUT2D eigenvalue weighted by atomic mass is 28.3. The first-order chi connectivity index (χ1) is 3.27. The molecule has 44 valence electrons. The molecule has 0 atom stereocenters. The average Bonchev–Trinajstić information content (AvgIpc) is 1.61. The maximum atomic E-state index is 8.04. The first-order valence-corrected chi connectivity index (χ1v) is 3.36. The molecule has 5 heteroatoms. The van der Waals surface area contributed by atoms with Crippen molar-refractivity contribution >= 4 is 9.53 Å². The molecule has 0 saturated heterocycles. The lowest BCUT2D eigenvalue weighted by Crippen LogP contribution is -2.18. The zero-order valence-electron chi connectivity index (χ0n) is 3.74. The van der Waals surface area contributed by atoms with Crippen molar-refractivity contribution < 1.29 is 19.1 Å². The Morgan fingerprint density at radius 3 is 2.14 bits per heavy atom. The number of hydrogen-bond acceptors (Lipinski definition) is 4. The lowest BCUT2D eigenvalue weighted by Gasteiger charge is -1.97. The van der Waals surface area contributed by atoms with Gasteiger partial charge in [0.05, 0.1) is 13.2 Å². The fourth-order valence-corrected chi connectivity index (χ4v) is 0.474. The van der Waals surface area contributed by atoms with E-state index >= 15 is 0 Å². The normalized spacial score (nSPS) is 10.3. The van der Waals surface area contributed by atoms with E-state index in [0.29, 0.717) is 0 Å². The standard InChI is InChI=1S/C2H8O4Si/c3-1-2-6-7(4)5/h3-5,7H,1-2H2. The summed E-state index contributed by atoms with van der Waals surface area (Å²) in [5, 5.41) is 7.99. The molecule has 0 aliphatic carbocycles. The third-order valence-electron chi connectivity index (χ3n) is 0.358. The quantitative estimate of drug-likeness (QED) is 0.370. The summed E-state index contributed by atoms with van der Waals surface area (Å²) in [5.41, 5.74) is 0. The average molecular weight is 124 g/mol. The molecule has 0 aromatic carbocycles. The van der Waals surface area contributed by atoms with Crippen LogP contribution in [0.4, 0.5) is 0 Å². The Hall–Kier alpha value is 0.0569. The van der Waals surface area contributed by atoms with Gasteiger partial charge in [-0.25, -0.2) is 0 Å².